The maximum Gasteiger partial charge on any atom is 0.231 e. The first kappa shape index (κ1) is 22.7. The Hall–Kier alpha value is -4.11. The summed E-state index contributed by atoms with van der Waals surface area (Å²) in [5, 5.41) is 11.0. The van der Waals surface area contributed by atoms with E-state index in [9.17, 15) is 0 Å². The lowest BCUT2D eigenvalue weighted by Crippen LogP contribution is -2.10. The number of nitrogens with zero attached hydrogens (tertiary/aromatic N) is 5. The maximum atomic E-state index is 5.25. The van der Waals surface area contributed by atoms with Gasteiger partial charge in [-0.2, -0.15) is 21.3 Å². The first-order chi connectivity index (χ1) is 17.1. The van der Waals surface area contributed by atoms with Crippen LogP contribution in [-0.4, -0.2) is 47.3 Å². The first-order valence-electron chi connectivity index (χ1n) is 11.3. The third-order valence-electron chi connectivity index (χ3n) is 5.66. The second kappa shape index (κ2) is 10.0. The standard InChI is InChI=1S/C26H27N7OS/c1-32(2)20-6-4-5-19(15-20)29-26-30-24(27-13-11-18-7-9-22(34-3)10-8-18)23-25(31-26)33(17-28-23)21-12-14-35-16-21/h4-10,12,14-17H,11,13H2,1-3H3,(H2,27,29,30,31). The van der Waals surface area contributed by atoms with Gasteiger partial charge >= 0.3 is 0 Å². The molecule has 0 saturated heterocycles. The number of fused-ring (bicyclic) bond motifs is 1. The van der Waals surface area contributed by atoms with Gasteiger partial charge in [0, 0.05) is 37.4 Å². The third kappa shape index (κ3) is 5.04. The Bertz CT molecular complexity index is 1410. The summed E-state index contributed by atoms with van der Waals surface area (Å²) in [6.07, 6.45) is 2.64. The lowest BCUT2D eigenvalue weighted by atomic mass is 10.1. The van der Waals surface area contributed by atoms with Crippen molar-refractivity contribution in [2.24, 2.45) is 0 Å². The second-order valence-corrected chi connectivity index (χ2v) is 9.04. The normalized spacial score (nSPS) is 10.9. The molecule has 0 aliphatic rings. The summed E-state index contributed by atoms with van der Waals surface area (Å²) in [4.78, 5) is 16.3. The van der Waals surface area contributed by atoms with Crippen molar-refractivity contribution in [2.75, 3.05) is 43.3 Å². The van der Waals surface area contributed by atoms with E-state index in [0.29, 0.717) is 18.3 Å². The van der Waals surface area contributed by atoms with Crippen LogP contribution in [0.3, 0.4) is 0 Å². The highest BCUT2D eigenvalue weighted by atomic mass is 32.1. The zero-order valence-electron chi connectivity index (χ0n) is 19.9. The molecule has 0 atom stereocenters. The monoisotopic (exact) mass is 485 g/mol. The number of nitrogens with one attached hydrogen (secondary N) is 2. The molecular formula is C26H27N7OS. The molecule has 2 N–H and O–H groups in total. The molecule has 3 aromatic heterocycles. The highest BCUT2D eigenvalue weighted by Gasteiger charge is 2.15. The number of anilines is 4. The SMILES string of the molecule is COc1ccc(CCNc2nc(Nc3cccc(N(C)C)c3)nc3c2ncn3-c2ccsc2)cc1. The number of thiophene rings is 1. The molecule has 35 heavy (non-hydrogen) atoms. The van der Waals surface area contributed by atoms with Gasteiger partial charge in [-0.15, -0.1) is 0 Å². The smallest absolute Gasteiger partial charge is 0.231 e. The Kier molecular flexibility index (Phi) is 6.49. The van der Waals surface area contributed by atoms with Crippen molar-refractivity contribution in [1.82, 2.24) is 19.5 Å². The zero-order chi connectivity index (χ0) is 24.2. The Balaban J connectivity index is 1.45. The minimum atomic E-state index is 0.511. The molecule has 0 aliphatic heterocycles. The Morgan fingerprint density at radius 1 is 1.06 bits per heavy atom. The second-order valence-electron chi connectivity index (χ2n) is 8.26. The van der Waals surface area contributed by atoms with E-state index in [0.717, 1.165) is 40.4 Å². The number of methoxy groups -OCH3 is 1. The first-order valence-corrected chi connectivity index (χ1v) is 12.2. The van der Waals surface area contributed by atoms with E-state index < -0.39 is 0 Å². The van der Waals surface area contributed by atoms with Gasteiger partial charge in [-0.3, -0.25) is 4.57 Å². The molecule has 0 spiro atoms. The van der Waals surface area contributed by atoms with E-state index in [1.165, 1.54) is 5.56 Å². The van der Waals surface area contributed by atoms with Crippen molar-refractivity contribution in [3.63, 3.8) is 0 Å². The van der Waals surface area contributed by atoms with Crippen LogP contribution in [0.15, 0.2) is 71.7 Å². The lowest BCUT2D eigenvalue weighted by molar-refractivity contribution is 0.414. The van der Waals surface area contributed by atoms with Crippen molar-refractivity contribution in [1.29, 1.82) is 0 Å². The van der Waals surface area contributed by atoms with Crippen LogP contribution in [0.5, 0.6) is 5.75 Å². The van der Waals surface area contributed by atoms with Crippen LogP contribution in [0.4, 0.5) is 23.1 Å². The van der Waals surface area contributed by atoms with Crippen LogP contribution in [0.1, 0.15) is 5.56 Å². The van der Waals surface area contributed by atoms with E-state index in [4.69, 9.17) is 14.7 Å². The molecule has 0 saturated carbocycles. The minimum absolute atomic E-state index is 0.511. The highest BCUT2D eigenvalue weighted by Crippen LogP contribution is 2.27. The molecule has 178 valence electrons. The van der Waals surface area contributed by atoms with Gasteiger partial charge in [0.05, 0.1) is 12.8 Å². The van der Waals surface area contributed by atoms with Crippen LogP contribution in [0.25, 0.3) is 16.9 Å². The summed E-state index contributed by atoms with van der Waals surface area (Å²) >= 11 is 1.64. The number of rotatable bonds is 9. The van der Waals surface area contributed by atoms with Gasteiger partial charge in [-0.25, -0.2) is 4.98 Å². The molecule has 0 aliphatic carbocycles. The van der Waals surface area contributed by atoms with Crippen molar-refractivity contribution in [3.05, 3.63) is 77.2 Å². The summed E-state index contributed by atoms with van der Waals surface area (Å²) in [5.74, 6) is 2.06. The number of benzene rings is 2. The molecule has 0 fully saturated rings. The Labute approximate surface area is 208 Å². The van der Waals surface area contributed by atoms with Gasteiger partial charge in [0.2, 0.25) is 5.95 Å². The summed E-state index contributed by atoms with van der Waals surface area (Å²) in [6, 6.07) is 18.3. The zero-order valence-corrected chi connectivity index (χ0v) is 20.7. The minimum Gasteiger partial charge on any atom is -0.497 e. The summed E-state index contributed by atoms with van der Waals surface area (Å²) < 4.78 is 7.24. The molecule has 5 rings (SSSR count). The van der Waals surface area contributed by atoms with Crippen molar-refractivity contribution >= 4 is 45.6 Å². The van der Waals surface area contributed by atoms with Crippen LogP contribution >= 0.6 is 11.3 Å². The van der Waals surface area contributed by atoms with E-state index in [1.54, 1.807) is 24.8 Å². The number of hydrogen-bond donors (Lipinski definition) is 2. The lowest BCUT2D eigenvalue weighted by Gasteiger charge is -2.14. The molecule has 0 amide bonds. The van der Waals surface area contributed by atoms with Crippen molar-refractivity contribution in [3.8, 4) is 11.4 Å². The van der Waals surface area contributed by atoms with Gasteiger partial charge in [-0.1, -0.05) is 18.2 Å². The Morgan fingerprint density at radius 3 is 2.66 bits per heavy atom. The molecule has 8 nitrogen and oxygen atoms in total. The molecular weight excluding hydrogens is 458 g/mol. The maximum absolute atomic E-state index is 5.25. The van der Waals surface area contributed by atoms with E-state index in [1.807, 2.05) is 48.3 Å². The average molecular weight is 486 g/mol. The van der Waals surface area contributed by atoms with Crippen LogP contribution in [0.2, 0.25) is 0 Å². The summed E-state index contributed by atoms with van der Waals surface area (Å²) in [6.45, 7) is 0.708. The van der Waals surface area contributed by atoms with Crippen LogP contribution in [0, 0.1) is 0 Å². The summed E-state index contributed by atoms with van der Waals surface area (Å²) in [7, 11) is 5.71. The van der Waals surface area contributed by atoms with E-state index >= 15 is 0 Å². The molecule has 2 aromatic carbocycles. The fourth-order valence-corrected chi connectivity index (χ4v) is 4.40. The molecule has 0 bridgehead atoms. The van der Waals surface area contributed by atoms with E-state index in [2.05, 4.69) is 56.2 Å². The highest BCUT2D eigenvalue weighted by molar-refractivity contribution is 7.08. The molecule has 5 aromatic rings. The van der Waals surface area contributed by atoms with Crippen LogP contribution in [-0.2, 0) is 6.42 Å². The number of hydrogen-bond acceptors (Lipinski definition) is 8. The fourth-order valence-electron chi connectivity index (χ4n) is 3.77. The van der Waals surface area contributed by atoms with Gasteiger partial charge < -0.3 is 20.3 Å². The predicted octanol–water partition coefficient (Wildman–Crippen LogP) is 5.35. The Morgan fingerprint density at radius 2 is 1.91 bits per heavy atom. The number of imidazole rings is 1. The van der Waals surface area contributed by atoms with Crippen LogP contribution < -0.4 is 20.3 Å². The molecule has 0 unspecified atom stereocenters. The van der Waals surface area contributed by atoms with Crippen molar-refractivity contribution < 1.29 is 4.74 Å². The number of ether oxygens (including phenoxy) is 1. The largest absolute Gasteiger partial charge is 0.497 e. The fraction of sp³-hybridized carbons (Fsp3) is 0.192. The summed E-state index contributed by atoms with van der Waals surface area (Å²) in [5.41, 5.74) is 5.74. The predicted molar refractivity (Wildman–Crippen MR) is 144 cm³/mol. The third-order valence-corrected chi connectivity index (χ3v) is 6.34. The van der Waals surface area contributed by atoms with Gasteiger partial charge in [0.15, 0.2) is 17.0 Å². The van der Waals surface area contributed by atoms with Crippen molar-refractivity contribution in [2.45, 2.75) is 6.42 Å². The molecule has 9 heteroatoms. The average Bonchev–Trinajstić information content (AvgIpc) is 3.55. The van der Waals surface area contributed by atoms with E-state index in [-0.39, 0.29) is 0 Å². The molecule has 3 heterocycles. The topological polar surface area (TPSA) is 80.1 Å². The van der Waals surface area contributed by atoms with Gasteiger partial charge in [0.25, 0.3) is 0 Å². The van der Waals surface area contributed by atoms with Gasteiger partial charge in [0.1, 0.15) is 12.1 Å². The molecule has 0 radical (unpaired) electrons. The quantitative estimate of drug-likeness (QED) is 0.291. The number of aromatic nitrogens is 4. The van der Waals surface area contributed by atoms with Gasteiger partial charge in [-0.05, 0) is 53.8 Å².